The van der Waals surface area contributed by atoms with Gasteiger partial charge < -0.3 is 0 Å². The minimum absolute atomic E-state index is 0. The third kappa shape index (κ3) is 4.83. The molecule has 0 bridgehead atoms. The number of aryl methyl sites for hydroxylation is 1. The molecule has 0 saturated heterocycles. The highest BCUT2D eigenvalue weighted by molar-refractivity contribution is 6.55. The molecule has 0 aliphatic rings. The second-order valence-corrected chi connectivity index (χ2v) is 6.78. The van der Waals surface area contributed by atoms with Crippen LogP contribution >= 0.6 is 12.4 Å². The first kappa shape index (κ1) is 12.0. The second-order valence-electron chi connectivity index (χ2n) is 3.42. The van der Waals surface area contributed by atoms with E-state index in [1.165, 1.54) is 17.3 Å². The summed E-state index contributed by atoms with van der Waals surface area (Å²) in [7, 11) is 0. The van der Waals surface area contributed by atoms with E-state index in [1.807, 2.05) is 0 Å². The van der Waals surface area contributed by atoms with Gasteiger partial charge in [0.25, 0.3) is 14.1 Å². The molecule has 0 fully saturated rings. The van der Waals surface area contributed by atoms with Crippen molar-refractivity contribution in [1.29, 1.82) is 0 Å². The Kier molecular flexibility index (Phi) is 6.57. The summed E-state index contributed by atoms with van der Waals surface area (Å²) in [5.74, 6) is 4.81. The summed E-state index contributed by atoms with van der Waals surface area (Å²) in [5.41, 5.74) is 1.49. The Hall–Kier alpha value is 0.0425. The number of hydrogen-bond acceptors (Lipinski definition) is 0. The molecule has 0 amide bonds. The van der Waals surface area contributed by atoms with E-state index in [1.54, 1.807) is 0 Å². The number of rotatable bonds is 3. The zero-order chi connectivity index (χ0) is 8.10. The predicted molar refractivity (Wildman–Crippen MR) is 59.7 cm³/mol. The summed E-state index contributed by atoms with van der Waals surface area (Å²) < 4.78 is 0. The fourth-order valence-corrected chi connectivity index (χ4v) is 2.01. The minimum Gasteiger partial charge on any atom is -0.147 e. The topological polar surface area (TPSA) is 0 Å². The van der Waals surface area contributed by atoms with Crippen molar-refractivity contribution in [2.75, 3.05) is 0 Å². The van der Waals surface area contributed by atoms with E-state index in [0.717, 1.165) is 0 Å². The largest absolute Gasteiger partial charge is 0.255 e. The Balaban J connectivity index is 0.00000121. The van der Waals surface area contributed by atoms with E-state index in [9.17, 15) is 0 Å². The summed E-state index contributed by atoms with van der Waals surface area (Å²) in [4.78, 5) is 0. The van der Waals surface area contributed by atoms with Crippen molar-refractivity contribution in [1.82, 2.24) is 0 Å². The van der Waals surface area contributed by atoms with E-state index >= 15 is 0 Å². The number of benzene rings is 1. The molecule has 0 aliphatic heterocycles. The summed E-state index contributed by atoms with van der Waals surface area (Å²) in [6.45, 7) is 0. The Morgan fingerprint density at radius 2 is 1.67 bits per heavy atom. The lowest BCUT2D eigenvalue weighted by atomic mass is 10.2. The second kappa shape index (κ2) is 6.55. The Labute approximate surface area is 85.8 Å². The maximum Gasteiger partial charge on any atom is 0.255 e. The average molecular weight is 199 g/mol. The lowest BCUT2D eigenvalue weighted by Gasteiger charge is -1.99. The molecule has 0 saturated carbocycles. The maximum atomic E-state index is 2.41. The monoisotopic (exact) mass is 198 g/mol. The Morgan fingerprint density at radius 3 is 2.17 bits per heavy atom. The molecule has 1 aromatic rings. The zero-order valence-electron chi connectivity index (χ0n) is 7.79. The van der Waals surface area contributed by atoms with E-state index in [-0.39, 0.29) is 26.6 Å². The molecule has 0 atom stereocenters. The van der Waals surface area contributed by atoms with Gasteiger partial charge >= 0.3 is 0 Å². The predicted octanol–water partition coefficient (Wildman–Crippen LogP) is 3.41. The molecule has 12 heavy (non-hydrogen) atoms. The molecule has 0 aliphatic carbocycles. The molecule has 0 nitrogen and oxygen atoms in total. The van der Waals surface area contributed by atoms with Crippen LogP contribution in [0.3, 0.4) is 0 Å². The van der Waals surface area contributed by atoms with Crippen molar-refractivity contribution in [3.63, 3.8) is 0 Å². The van der Waals surface area contributed by atoms with Crippen LogP contribution in [0.2, 0.25) is 16.9 Å². The molecule has 66 valence electrons. The van der Waals surface area contributed by atoms with Crippen molar-refractivity contribution >= 4 is 26.6 Å². The van der Waals surface area contributed by atoms with Crippen LogP contribution in [0, 0.1) is 0 Å². The molecule has 0 radical (unpaired) electrons. The first-order chi connectivity index (χ1) is 5.29. The normalized spacial score (nSPS) is 8.83. The molecular formula is C10H16AlCl. The highest BCUT2D eigenvalue weighted by Gasteiger charge is 2.00. The SMILES string of the molecule is Cl.[CH3][Al]([CH3])[CH2]Cc1ccccc1. The molecule has 0 aromatic heterocycles. The van der Waals surface area contributed by atoms with Crippen LogP contribution in [0.25, 0.3) is 0 Å². The Bertz CT molecular complexity index is 196. The van der Waals surface area contributed by atoms with Crippen LogP contribution in [0.15, 0.2) is 30.3 Å². The standard InChI is InChI=1S/C8H9.2CH3.Al.ClH/c1-2-8-6-4-3-5-7-8;;;;/h3-7H,1-2H2;2*1H3;;1H. The van der Waals surface area contributed by atoms with Gasteiger partial charge in [-0.25, -0.2) is 0 Å². The molecule has 0 spiro atoms. The van der Waals surface area contributed by atoms with E-state index in [0.29, 0.717) is 0 Å². The smallest absolute Gasteiger partial charge is 0.147 e. The third-order valence-corrected chi connectivity index (χ3v) is 3.30. The van der Waals surface area contributed by atoms with Crippen LogP contribution in [-0.2, 0) is 6.42 Å². The van der Waals surface area contributed by atoms with Gasteiger partial charge in [0.05, 0.1) is 0 Å². The summed E-state index contributed by atoms with van der Waals surface area (Å²) in [6.07, 6.45) is 1.28. The first-order valence-electron chi connectivity index (χ1n) is 4.33. The lowest BCUT2D eigenvalue weighted by Crippen LogP contribution is -2.00. The zero-order valence-corrected chi connectivity index (χ0v) is 9.76. The summed E-state index contributed by atoms with van der Waals surface area (Å²) >= 11 is -0.340. The van der Waals surface area contributed by atoms with Crippen molar-refractivity contribution in [2.45, 2.75) is 23.3 Å². The molecular weight excluding hydrogens is 183 g/mol. The molecule has 1 rings (SSSR count). The van der Waals surface area contributed by atoms with Gasteiger partial charge in [-0.2, -0.15) is 0 Å². The molecule has 1 aromatic carbocycles. The summed E-state index contributed by atoms with van der Waals surface area (Å²) in [6, 6.07) is 10.8. The van der Waals surface area contributed by atoms with Gasteiger partial charge in [0, 0.05) is 0 Å². The highest BCUT2D eigenvalue weighted by atomic mass is 35.5. The van der Waals surface area contributed by atoms with Gasteiger partial charge in [-0.1, -0.05) is 35.6 Å². The van der Waals surface area contributed by atoms with Crippen molar-refractivity contribution in [3.8, 4) is 0 Å². The van der Waals surface area contributed by atoms with Gasteiger partial charge in [-0.3, -0.25) is 0 Å². The molecule has 0 unspecified atom stereocenters. The molecule has 0 heterocycles. The lowest BCUT2D eigenvalue weighted by molar-refractivity contribution is 1.11. The van der Waals surface area contributed by atoms with Gasteiger partial charge in [-0.05, 0) is 12.0 Å². The van der Waals surface area contributed by atoms with Crippen molar-refractivity contribution < 1.29 is 0 Å². The van der Waals surface area contributed by atoms with Gasteiger partial charge in [0.15, 0.2) is 0 Å². The quantitative estimate of drug-likeness (QED) is 0.653. The van der Waals surface area contributed by atoms with E-state index < -0.39 is 0 Å². The molecule has 2 heteroatoms. The van der Waals surface area contributed by atoms with E-state index in [2.05, 4.69) is 41.9 Å². The van der Waals surface area contributed by atoms with Crippen LogP contribution in [-0.4, -0.2) is 14.1 Å². The van der Waals surface area contributed by atoms with Crippen molar-refractivity contribution in [3.05, 3.63) is 35.9 Å². The third-order valence-electron chi connectivity index (χ3n) is 1.85. The fourth-order valence-electron chi connectivity index (χ4n) is 1.10. The molecule has 0 N–H and O–H groups in total. The highest BCUT2D eigenvalue weighted by Crippen LogP contribution is 2.04. The average Bonchev–Trinajstić information content (AvgIpc) is 2.03. The van der Waals surface area contributed by atoms with Crippen LogP contribution < -0.4 is 0 Å². The van der Waals surface area contributed by atoms with E-state index in [4.69, 9.17) is 0 Å². The maximum absolute atomic E-state index is 2.41. The van der Waals surface area contributed by atoms with Gasteiger partial charge in [0.1, 0.15) is 0 Å². The summed E-state index contributed by atoms with van der Waals surface area (Å²) in [5, 5.41) is 1.43. The van der Waals surface area contributed by atoms with Gasteiger partial charge in [-0.15, -0.1) is 24.0 Å². The first-order valence-corrected chi connectivity index (χ1v) is 7.45. The minimum atomic E-state index is -0.340. The van der Waals surface area contributed by atoms with Crippen LogP contribution in [0.4, 0.5) is 0 Å². The van der Waals surface area contributed by atoms with Crippen LogP contribution in [0.5, 0.6) is 0 Å². The Morgan fingerprint density at radius 1 is 1.08 bits per heavy atom. The fraction of sp³-hybridized carbons (Fsp3) is 0.400. The number of halogens is 1. The van der Waals surface area contributed by atoms with Gasteiger partial charge in [0.2, 0.25) is 0 Å². The number of hydrogen-bond donors (Lipinski definition) is 0. The van der Waals surface area contributed by atoms with Crippen molar-refractivity contribution in [2.24, 2.45) is 0 Å². The van der Waals surface area contributed by atoms with Crippen LogP contribution in [0.1, 0.15) is 5.56 Å².